The molecule has 0 atom stereocenters. The summed E-state index contributed by atoms with van der Waals surface area (Å²) in [6.07, 6.45) is 0.186. The van der Waals surface area contributed by atoms with Crippen LogP contribution in [0.15, 0.2) is 12.1 Å². The van der Waals surface area contributed by atoms with Gasteiger partial charge in [-0.15, -0.1) is 0 Å². The summed E-state index contributed by atoms with van der Waals surface area (Å²) in [6.45, 7) is 1.88. The first-order chi connectivity index (χ1) is 6.56. The number of carbonyl (C=O) groups is 1. The van der Waals surface area contributed by atoms with Gasteiger partial charge in [0.25, 0.3) is 0 Å². The number of benzene rings is 1. The molecule has 3 nitrogen and oxygen atoms in total. The minimum atomic E-state index is -0.782. The third kappa shape index (κ3) is 2.09. The predicted molar refractivity (Wildman–Crippen MR) is 50.8 cm³/mol. The summed E-state index contributed by atoms with van der Waals surface area (Å²) in [5, 5.41) is 9.03. The van der Waals surface area contributed by atoms with E-state index in [-0.39, 0.29) is 24.3 Å². The molecular formula is C10H12FNO2. The summed E-state index contributed by atoms with van der Waals surface area (Å²) in [5.74, 6) is -1.42. The van der Waals surface area contributed by atoms with Crippen molar-refractivity contribution < 1.29 is 14.3 Å². The van der Waals surface area contributed by atoms with Crippen molar-refractivity contribution in [3.63, 3.8) is 0 Å². The molecular weight excluding hydrogens is 185 g/mol. The highest BCUT2D eigenvalue weighted by Gasteiger charge is 2.12. The predicted octanol–water partition coefficient (Wildman–Crippen LogP) is 1.37. The maximum Gasteiger partial charge on any atom is 0.165 e. The number of nitrogens with two attached hydrogens (primary N) is 1. The summed E-state index contributed by atoms with van der Waals surface area (Å²) in [5.41, 5.74) is 6.06. The SMILES string of the molecule is Cc1cc(O)c(F)cc1C(=O)CCN. The minimum absolute atomic E-state index is 0.186. The van der Waals surface area contributed by atoms with E-state index in [0.29, 0.717) is 5.56 Å². The van der Waals surface area contributed by atoms with Crippen LogP contribution in [0.4, 0.5) is 4.39 Å². The third-order valence-electron chi connectivity index (χ3n) is 1.97. The standard InChI is InChI=1S/C10H12FNO2/c1-6-4-10(14)8(11)5-7(6)9(13)2-3-12/h4-5,14H,2-3,12H2,1H3. The van der Waals surface area contributed by atoms with Crippen LogP contribution in [0.5, 0.6) is 5.75 Å². The number of phenolic OH excluding ortho intramolecular Hbond substituents is 1. The molecule has 0 unspecified atom stereocenters. The van der Waals surface area contributed by atoms with E-state index < -0.39 is 11.6 Å². The Morgan fingerprint density at radius 2 is 2.21 bits per heavy atom. The van der Waals surface area contributed by atoms with Crippen molar-refractivity contribution in [2.75, 3.05) is 6.54 Å². The lowest BCUT2D eigenvalue weighted by Gasteiger charge is -2.05. The molecule has 0 heterocycles. The molecule has 1 rings (SSSR count). The molecule has 4 heteroatoms. The summed E-state index contributed by atoms with van der Waals surface area (Å²) in [4.78, 5) is 11.4. The van der Waals surface area contributed by atoms with Crippen molar-refractivity contribution >= 4 is 5.78 Å². The van der Waals surface area contributed by atoms with Crippen LogP contribution in [-0.2, 0) is 0 Å². The van der Waals surface area contributed by atoms with Crippen LogP contribution >= 0.6 is 0 Å². The quantitative estimate of drug-likeness (QED) is 0.719. The van der Waals surface area contributed by atoms with Crippen molar-refractivity contribution in [1.29, 1.82) is 0 Å². The van der Waals surface area contributed by atoms with E-state index in [9.17, 15) is 9.18 Å². The fourth-order valence-electron chi connectivity index (χ4n) is 1.23. The molecule has 0 saturated heterocycles. The maximum atomic E-state index is 12.9. The van der Waals surface area contributed by atoms with Crippen LogP contribution in [0.25, 0.3) is 0 Å². The number of hydrogen-bond acceptors (Lipinski definition) is 3. The van der Waals surface area contributed by atoms with Gasteiger partial charge in [-0.2, -0.15) is 0 Å². The van der Waals surface area contributed by atoms with Gasteiger partial charge in [0.1, 0.15) is 0 Å². The summed E-state index contributed by atoms with van der Waals surface area (Å²) < 4.78 is 12.9. The molecule has 0 aromatic heterocycles. The molecule has 0 aliphatic rings. The van der Waals surface area contributed by atoms with Crippen molar-refractivity contribution in [1.82, 2.24) is 0 Å². The number of rotatable bonds is 3. The van der Waals surface area contributed by atoms with Crippen molar-refractivity contribution in [3.8, 4) is 5.75 Å². The molecule has 3 N–H and O–H groups in total. The lowest BCUT2D eigenvalue weighted by atomic mass is 10.0. The van der Waals surface area contributed by atoms with Gasteiger partial charge in [-0.05, 0) is 31.2 Å². The average Bonchev–Trinajstić information content (AvgIpc) is 2.11. The van der Waals surface area contributed by atoms with Gasteiger partial charge in [0.2, 0.25) is 0 Å². The lowest BCUT2D eigenvalue weighted by molar-refractivity contribution is 0.0984. The minimum Gasteiger partial charge on any atom is -0.505 e. The number of hydrogen-bond donors (Lipinski definition) is 2. The van der Waals surface area contributed by atoms with Gasteiger partial charge in [0.15, 0.2) is 17.3 Å². The van der Waals surface area contributed by atoms with Crippen LogP contribution < -0.4 is 5.73 Å². The van der Waals surface area contributed by atoms with Gasteiger partial charge in [0, 0.05) is 12.0 Å². The molecule has 0 amide bonds. The molecule has 1 aromatic carbocycles. The zero-order valence-corrected chi connectivity index (χ0v) is 7.88. The zero-order chi connectivity index (χ0) is 10.7. The van der Waals surface area contributed by atoms with Crippen LogP contribution in [-0.4, -0.2) is 17.4 Å². The number of phenols is 1. The Hall–Kier alpha value is -1.42. The fourth-order valence-corrected chi connectivity index (χ4v) is 1.23. The Kier molecular flexibility index (Phi) is 3.19. The van der Waals surface area contributed by atoms with Crippen molar-refractivity contribution in [2.24, 2.45) is 5.73 Å². The van der Waals surface area contributed by atoms with Crippen LogP contribution in [0, 0.1) is 12.7 Å². The highest BCUT2D eigenvalue weighted by atomic mass is 19.1. The Morgan fingerprint density at radius 3 is 2.79 bits per heavy atom. The number of halogens is 1. The van der Waals surface area contributed by atoms with Gasteiger partial charge < -0.3 is 10.8 Å². The second kappa shape index (κ2) is 4.19. The van der Waals surface area contributed by atoms with Crippen LogP contribution in [0.1, 0.15) is 22.3 Å². The molecule has 14 heavy (non-hydrogen) atoms. The van der Waals surface area contributed by atoms with Crippen LogP contribution in [0.3, 0.4) is 0 Å². The van der Waals surface area contributed by atoms with E-state index in [1.807, 2.05) is 0 Å². The van der Waals surface area contributed by atoms with Crippen LogP contribution in [0.2, 0.25) is 0 Å². The maximum absolute atomic E-state index is 12.9. The van der Waals surface area contributed by atoms with Gasteiger partial charge in [0.05, 0.1) is 0 Å². The topological polar surface area (TPSA) is 63.3 Å². The van der Waals surface area contributed by atoms with Gasteiger partial charge >= 0.3 is 0 Å². The number of Topliss-reactive ketones (excluding diaryl/α,β-unsaturated/α-hetero) is 1. The molecule has 0 saturated carbocycles. The van der Waals surface area contributed by atoms with E-state index >= 15 is 0 Å². The van der Waals surface area contributed by atoms with Gasteiger partial charge in [-0.1, -0.05) is 0 Å². The molecule has 0 radical (unpaired) electrons. The normalized spacial score (nSPS) is 10.2. The molecule has 0 bridgehead atoms. The Balaban J connectivity index is 3.09. The highest BCUT2D eigenvalue weighted by Crippen LogP contribution is 2.21. The van der Waals surface area contributed by atoms with E-state index in [2.05, 4.69) is 0 Å². The Labute approximate surface area is 81.4 Å². The molecule has 0 aliphatic heterocycles. The first-order valence-corrected chi connectivity index (χ1v) is 4.28. The highest BCUT2D eigenvalue weighted by molar-refractivity contribution is 5.97. The summed E-state index contributed by atoms with van der Waals surface area (Å²) in [7, 11) is 0. The molecule has 0 fully saturated rings. The zero-order valence-electron chi connectivity index (χ0n) is 7.88. The number of aromatic hydroxyl groups is 1. The second-order valence-electron chi connectivity index (χ2n) is 3.08. The number of aryl methyl sites for hydroxylation is 1. The lowest BCUT2D eigenvalue weighted by Crippen LogP contribution is -2.09. The third-order valence-corrected chi connectivity index (χ3v) is 1.97. The smallest absolute Gasteiger partial charge is 0.165 e. The second-order valence-corrected chi connectivity index (χ2v) is 3.08. The average molecular weight is 197 g/mol. The van der Waals surface area contributed by atoms with E-state index in [1.165, 1.54) is 6.07 Å². The fraction of sp³-hybridized carbons (Fsp3) is 0.300. The Morgan fingerprint density at radius 1 is 1.57 bits per heavy atom. The molecule has 0 aliphatic carbocycles. The molecule has 1 aromatic rings. The Bertz CT molecular complexity index is 363. The van der Waals surface area contributed by atoms with E-state index in [0.717, 1.165) is 6.07 Å². The van der Waals surface area contributed by atoms with Crippen molar-refractivity contribution in [2.45, 2.75) is 13.3 Å². The van der Waals surface area contributed by atoms with E-state index in [4.69, 9.17) is 10.8 Å². The van der Waals surface area contributed by atoms with E-state index in [1.54, 1.807) is 6.92 Å². The van der Waals surface area contributed by atoms with Crippen molar-refractivity contribution in [3.05, 3.63) is 29.1 Å². The number of ketones is 1. The molecule has 0 spiro atoms. The number of carbonyl (C=O) groups excluding carboxylic acids is 1. The van der Waals surface area contributed by atoms with Gasteiger partial charge in [-0.3, -0.25) is 4.79 Å². The first-order valence-electron chi connectivity index (χ1n) is 4.28. The first kappa shape index (κ1) is 10.7. The monoisotopic (exact) mass is 197 g/mol. The molecule has 76 valence electrons. The summed E-state index contributed by atoms with van der Waals surface area (Å²) >= 11 is 0. The largest absolute Gasteiger partial charge is 0.505 e. The summed E-state index contributed by atoms with van der Waals surface area (Å²) in [6, 6.07) is 2.28. The van der Waals surface area contributed by atoms with Gasteiger partial charge in [-0.25, -0.2) is 4.39 Å².